The summed E-state index contributed by atoms with van der Waals surface area (Å²) in [4.78, 5) is 12.8. The number of unbranched alkanes of at least 4 members (excludes halogenated alkanes) is 3. The number of carbonyl (C=O) groups is 1. The second-order valence-electron chi connectivity index (χ2n) is 14.0. The lowest BCUT2D eigenvalue weighted by atomic mass is 9.79. The van der Waals surface area contributed by atoms with Crippen LogP contribution in [-0.2, 0) is 62.3 Å². The second kappa shape index (κ2) is 21.2. The quantitative estimate of drug-likeness (QED) is 0.0689. The van der Waals surface area contributed by atoms with Gasteiger partial charge in [-0.3, -0.25) is 9.35 Å². The normalized spacial score (nSPS) is 15.4. The number of rotatable bonds is 13. The van der Waals surface area contributed by atoms with Crippen LogP contribution in [0.2, 0.25) is 0 Å². The predicted octanol–water partition coefficient (Wildman–Crippen LogP) is 6.11. The smallest absolute Gasteiger partial charge is 0.425 e. The summed E-state index contributed by atoms with van der Waals surface area (Å²) < 4.78 is 121. The Bertz CT molecular complexity index is 2660. The molecule has 320 valence electrons. The number of hydrogen-bond acceptors (Lipinski definition) is 16. The van der Waals surface area contributed by atoms with Crippen molar-refractivity contribution in [1.82, 2.24) is 0 Å². The molecule has 59 heavy (non-hydrogen) atoms. The van der Waals surface area contributed by atoms with Gasteiger partial charge in [0.05, 0.1) is 16.7 Å². The van der Waals surface area contributed by atoms with Gasteiger partial charge < -0.3 is 9.64 Å². The molecule has 0 saturated heterocycles. The van der Waals surface area contributed by atoms with Gasteiger partial charge in [-0.05, 0) is 79.8 Å². The molecule has 0 fully saturated rings. The maximum absolute atomic E-state index is 12.6. The summed E-state index contributed by atoms with van der Waals surface area (Å²) in [5.74, 6) is 0. The molecule has 0 atom stereocenters. The summed E-state index contributed by atoms with van der Waals surface area (Å²) in [6, 6.07) is 10.4. The highest BCUT2D eigenvalue weighted by Gasteiger charge is 2.46. The summed E-state index contributed by atoms with van der Waals surface area (Å²) in [5.41, 5.74) is 6.25. The largest absolute Gasteiger partial charge is 0.468 e. The van der Waals surface area contributed by atoms with E-state index >= 15 is 0 Å². The number of fused-ring (bicyclic) bond motifs is 6. The van der Waals surface area contributed by atoms with Crippen molar-refractivity contribution >= 4 is 108 Å². The van der Waals surface area contributed by atoms with Gasteiger partial charge in [-0.1, -0.05) is 33.3 Å². The molecule has 0 aliphatic carbocycles. The van der Waals surface area contributed by atoms with Gasteiger partial charge in [0, 0.05) is 62.9 Å². The lowest BCUT2D eigenvalue weighted by molar-refractivity contribution is -0.438. The van der Waals surface area contributed by atoms with Gasteiger partial charge in [0.15, 0.2) is 5.71 Å². The summed E-state index contributed by atoms with van der Waals surface area (Å²) >= 11 is 3.12. The maximum atomic E-state index is 12.6. The van der Waals surface area contributed by atoms with Crippen LogP contribution in [0, 0.1) is 0 Å². The van der Waals surface area contributed by atoms with Crippen LogP contribution in [0.15, 0.2) is 69.9 Å². The van der Waals surface area contributed by atoms with Gasteiger partial charge in [0.25, 0.3) is 16.6 Å². The molecule has 2 aliphatic rings. The van der Waals surface area contributed by atoms with Crippen molar-refractivity contribution < 1.29 is 65.0 Å². The van der Waals surface area contributed by atoms with E-state index in [1.165, 1.54) is 38.4 Å². The third-order valence-electron chi connectivity index (χ3n) is 9.72. The molecule has 0 unspecified atom stereocenters. The van der Waals surface area contributed by atoms with E-state index in [2.05, 4.69) is 85.9 Å². The van der Waals surface area contributed by atoms with Gasteiger partial charge >= 0.3 is 31.8 Å². The van der Waals surface area contributed by atoms with Crippen molar-refractivity contribution in [2.75, 3.05) is 24.6 Å². The minimum atomic E-state index is -4.43. The Morgan fingerprint density at radius 3 is 2.02 bits per heavy atom. The number of allylic oxidation sites excluding steroid dienone is 4. The van der Waals surface area contributed by atoms with Crippen LogP contribution in [0.4, 0.5) is 11.4 Å². The molecule has 0 spiro atoms. The molecular formula is C37H43N2O14S6+. The fourth-order valence-corrected chi connectivity index (χ4v) is 10.2. The topological polar surface area (TPSA) is 241 Å². The molecule has 0 amide bonds. The third-order valence-corrected chi connectivity index (χ3v) is 12.6. The van der Waals surface area contributed by atoms with Crippen molar-refractivity contribution in [2.45, 2.75) is 82.4 Å². The molecule has 1 N–H and O–H groups in total. The van der Waals surface area contributed by atoms with E-state index in [4.69, 9.17) is 42.6 Å². The van der Waals surface area contributed by atoms with Crippen molar-refractivity contribution in [1.29, 1.82) is 0 Å². The molecule has 4 heterocycles. The van der Waals surface area contributed by atoms with Crippen LogP contribution in [0.1, 0.15) is 77.8 Å². The van der Waals surface area contributed by atoms with Crippen LogP contribution in [-0.4, -0.2) is 87.3 Å². The fourth-order valence-electron chi connectivity index (χ4n) is 7.57. The molecule has 4 aromatic rings. The van der Waals surface area contributed by atoms with Crippen molar-refractivity contribution in [2.24, 2.45) is 0 Å². The van der Waals surface area contributed by atoms with Crippen molar-refractivity contribution in [3.63, 3.8) is 0 Å². The van der Waals surface area contributed by atoms with Crippen LogP contribution in [0.25, 0.3) is 20.2 Å². The number of hydrogen-bond donors (Lipinski definition) is 1. The highest BCUT2D eigenvalue weighted by Crippen LogP contribution is 2.53. The van der Waals surface area contributed by atoms with E-state index in [-0.39, 0.29) is 10.3 Å². The van der Waals surface area contributed by atoms with E-state index in [1.807, 2.05) is 11.4 Å². The number of anilines is 1. The molecule has 0 bridgehead atoms. The highest BCUT2D eigenvalue weighted by atomic mass is 32.2. The number of nitrogens with zero attached hydrogens (tertiary/aromatic N) is 2. The molecule has 2 aromatic carbocycles. The van der Waals surface area contributed by atoms with E-state index in [9.17, 15) is 17.8 Å². The molecule has 22 heteroatoms. The zero-order valence-electron chi connectivity index (χ0n) is 32.6. The van der Waals surface area contributed by atoms with E-state index < -0.39 is 47.4 Å². The van der Waals surface area contributed by atoms with Crippen LogP contribution < -0.4 is 4.90 Å². The Labute approximate surface area is 354 Å². The molecule has 16 nitrogen and oxygen atoms in total. The number of carbonyl (C=O) groups excluding carboxylic acids is 1. The van der Waals surface area contributed by atoms with Crippen molar-refractivity contribution in [3.8, 4) is 0 Å². The van der Waals surface area contributed by atoms with Gasteiger partial charge in [0.2, 0.25) is 5.69 Å². The van der Waals surface area contributed by atoms with Gasteiger partial charge in [-0.25, -0.2) is 0 Å². The van der Waals surface area contributed by atoms with Crippen LogP contribution in [0.5, 0.6) is 0 Å². The number of benzene rings is 2. The second-order valence-corrected chi connectivity index (χ2v) is 18.5. The van der Waals surface area contributed by atoms with Crippen LogP contribution in [0.3, 0.4) is 0 Å². The SMILES string of the molecule is CCCC[N+]1=C(/C=C/C=C2/N(CCCCCOC=O)c3cc(S(=O)(=O)O)c4sccc4c3C2(C)C)C(C)(C)c2c1ccc1sccc21.O=S(=O)=O.O=S(=O)=O.O=S(=O)=O. The van der Waals surface area contributed by atoms with E-state index in [0.717, 1.165) is 61.0 Å². The van der Waals surface area contributed by atoms with Crippen molar-refractivity contribution in [3.05, 3.63) is 76.1 Å². The summed E-state index contributed by atoms with van der Waals surface area (Å²) in [6.45, 7) is 13.7. The molecule has 0 radical (unpaired) electrons. The lowest BCUT2D eigenvalue weighted by Gasteiger charge is -2.27. The Kier molecular flexibility index (Phi) is 17.6. The first-order valence-corrected chi connectivity index (χ1v) is 24.0. The zero-order chi connectivity index (χ0) is 44.3. The summed E-state index contributed by atoms with van der Waals surface area (Å²) in [7, 11) is -13.8. The van der Waals surface area contributed by atoms with Gasteiger partial charge in [0.1, 0.15) is 11.4 Å². The zero-order valence-corrected chi connectivity index (χ0v) is 37.5. The highest BCUT2D eigenvalue weighted by molar-refractivity contribution is 7.86. The Morgan fingerprint density at radius 2 is 1.42 bits per heavy atom. The summed E-state index contributed by atoms with van der Waals surface area (Å²) in [5, 5.41) is 6.25. The third kappa shape index (κ3) is 12.1. The first-order chi connectivity index (χ1) is 27.6. The molecule has 2 aromatic heterocycles. The van der Waals surface area contributed by atoms with Crippen LogP contribution >= 0.6 is 22.7 Å². The van der Waals surface area contributed by atoms with E-state index in [1.54, 1.807) is 17.4 Å². The maximum Gasteiger partial charge on any atom is 0.425 e. The predicted molar refractivity (Wildman–Crippen MR) is 224 cm³/mol. The Balaban J connectivity index is 0.000000686. The molecule has 6 rings (SSSR count). The minimum Gasteiger partial charge on any atom is -0.468 e. The minimum absolute atomic E-state index is 0.0504. The summed E-state index contributed by atoms with van der Waals surface area (Å²) in [6.07, 6.45) is 11.2. The first-order valence-electron chi connectivity index (χ1n) is 17.8. The van der Waals surface area contributed by atoms with E-state index in [0.29, 0.717) is 24.3 Å². The standard InChI is InChI=1S/C37H42N2O5S3.3O3S/c1-6-7-18-38-27-14-15-29-25(16-21-45-29)33(27)36(2,3)31(38)12-11-13-32-37(4,5)34-26-17-22-46-35(26)30(47(41,42)43)23-28(34)39(32)19-9-8-10-20-44-24-40;3*1-4(2)3/h11-17,21-24H,6-10,18-20H2,1-5H3;;;/p+1. The monoisotopic (exact) mass is 931 g/mol. The molecular weight excluding hydrogens is 889 g/mol. The average Bonchev–Trinajstić information content (AvgIpc) is 3.88. The lowest BCUT2D eigenvalue weighted by Crippen LogP contribution is -2.28. The average molecular weight is 932 g/mol. The van der Waals surface area contributed by atoms with Gasteiger partial charge in [-0.2, -0.15) is 13.0 Å². The molecule has 0 saturated carbocycles. The van der Waals surface area contributed by atoms with Gasteiger partial charge in [-0.15, -0.1) is 60.6 Å². The number of thiophene rings is 2. The molecule has 2 aliphatic heterocycles. The Hall–Kier alpha value is -4.45. The first kappa shape index (κ1) is 48.9. The number of ether oxygens (including phenoxy) is 1. The Morgan fingerprint density at radius 1 is 0.814 bits per heavy atom. The fraction of sp³-hybridized carbons (Fsp3) is 0.405.